The molecule has 32 heavy (non-hydrogen) atoms. The van der Waals surface area contributed by atoms with E-state index >= 15 is 0 Å². The third-order valence-electron chi connectivity index (χ3n) is 6.19. The Balaban J connectivity index is 1.66. The highest BCUT2D eigenvalue weighted by molar-refractivity contribution is 7.89. The molecule has 2 aliphatic rings. The van der Waals surface area contributed by atoms with Gasteiger partial charge in [0, 0.05) is 19.1 Å². The van der Waals surface area contributed by atoms with E-state index in [9.17, 15) is 18.0 Å². The second kappa shape index (κ2) is 10.3. The van der Waals surface area contributed by atoms with Gasteiger partial charge in [0.05, 0.1) is 22.7 Å². The Labute approximate surface area is 190 Å². The van der Waals surface area contributed by atoms with Crippen LogP contribution in [-0.2, 0) is 24.3 Å². The summed E-state index contributed by atoms with van der Waals surface area (Å²) in [6.45, 7) is 7.79. The monoisotopic (exact) mass is 466 g/mol. The number of sulfonamides is 1. The van der Waals surface area contributed by atoms with E-state index < -0.39 is 22.1 Å². The molecule has 1 amide bonds. The molecule has 1 heterocycles. The van der Waals surface area contributed by atoms with E-state index in [1.807, 2.05) is 13.8 Å². The minimum Gasteiger partial charge on any atom is -0.449 e. The lowest BCUT2D eigenvalue weighted by Gasteiger charge is -2.34. The first kappa shape index (κ1) is 24.7. The third-order valence-corrected chi connectivity index (χ3v) is 8.01. The number of hydrogen-bond donors (Lipinski definition) is 1. The molecule has 1 saturated carbocycles. The van der Waals surface area contributed by atoms with Crippen LogP contribution in [0.2, 0.25) is 0 Å². The van der Waals surface area contributed by atoms with Crippen molar-refractivity contribution < 1.29 is 27.5 Å². The fourth-order valence-corrected chi connectivity index (χ4v) is 6.01. The van der Waals surface area contributed by atoms with Gasteiger partial charge in [0.15, 0.2) is 6.10 Å². The molecule has 2 fully saturated rings. The number of benzene rings is 1. The lowest BCUT2D eigenvalue weighted by molar-refractivity contribution is -0.130. The maximum absolute atomic E-state index is 13.1. The molecule has 8 nitrogen and oxygen atoms in total. The number of rotatable bonds is 6. The van der Waals surface area contributed by atoms with Crippen LogP contribution >= 0.6 is 0 Å². The minimum atomic E-state index is -3.79. The zero-order valence-electron chi connectivity index (χ0n) is 19.2. The number of morpholine rings is 1. The van der Waals surface area contributed by atoms with Crippen molar-refractivity contribution in [2.24, 2.45) is 5.92 Å². The molecule has 0 bridgehead atoms. The van der Waals surface area contributed by atoms with Crippen LogP contribution < -0.4 is 5.32 Å². The van der Waals surface area contributed by atoms with Gasteiger partial charge in [-0.05, 0) is 57.7 Å². The average Bonchev–Trinajstić information content (AvgIpc) is 2.74. The van der Waals surface area contributed by atoms with Crippen molar-refractivity contribution in [1.29, 1.82) is 0 Å². The Bertz CT molecular complexity index is 924. The first-order chi connectivity index (χ1) is 15.1. The van der Waals surface area contributed by atoms with Crippen molar-refractivity contribution >= 4 is 21.9 Å². The fraction of sp³-hybridized carbons (Fsp3) is 0.652. The Morgan fingerprint density at radius 1 is 1.12 bits per heavy atom. The fourth-order valence-electron chi connectivity index (χ4n) is 4.37. The number of carbonyl (C=O) groups excluding carboxylic acids is 2. The molecule has 0 unspecified atom stereocenters. The highest BCUT2D eigenvalue weighted by Gasteiger charge is 2.33. The number of nitrogens with one attached hydrogen (secondary N) is 1. The zero-order chi connectivity index (χ0) is 23.5. The molecule has 1 N–H and O–H groups in total. The van der Waals surface area contributed by atoms with Crippen LogP contribution in [0.4, 0.5) is 0 Å². The van der Waals surface area contributed by atoms with Gasteiger partial charge < -0.3 is 14.8 Å². The molecule has 1 aromatic carbocycles. The summed E-state index contributed by atoms with van der Waals surface area (Å²) < 4.78 is 38.5. The number of ether oxygens (including phenoxy) is 2. The highest BCUT2D eigenvalue weighted by atomic mass is 32.2. The first-order valence-electron chi connectivity index (χ1n) is 11.3. The van der Waals surface area contributed by atoms with E-state index in [4.69, 9.17) is 9.47 Å². The molecule has 178 valence electrons. The largest absolute Gasteiger partial charge is 0.449 e. The van der Waals surface area contributed by atoms with Gasteiger partial charge in [-0.3, -0.25) is 4.79 Å². The smallest absolute Gasteiger partial charge is 0.338 e. The molecule has 0 spiro atoms. The second-order valence-corrected chi connectivity index (χ2v) is 11.0. The number of hydrogen-bond acceptors (Lipinski definition) is 6. The summed E-state index contributed by atoms with van der Waals surface area (Å²) in [7, 11) is -3.79. The van der Waals surface area contributed by atoms with E-state index in [1.54, 1.807) is 0 Å². The van der Waals surface area contributed by atoms with Crippen LogP contribution in [0.5, 0.6) is 0 Å². The van der Waals surface area contributed by atoms with Gasteiger partial charge >= 0.3 is 5.97 Å². The minimum absolute atomic E-state index is 0.0152. The number of carbonyl (C=O) groups is 2. The Kier molecular flexibility index (Phi) is 7.95. The molecule has 0 aromatic heterocycles. The molecule has 0 radical (unpaired) electrons. The van der Waals surface area contributed by atoms with Gasteiger partial charge in [0.1, 0.15) is 0 Å². The molecular weight excluding hydrogens is 432 g/mol. The quantitative estimate of drug-likeness (QED) is 0.647. The second-order valence-electron chi connectivity index (χ2n) is 9.03. The molecule has 1 saturated heterocycles. The van der Waals surface area contributed by atoms with E-state index in [-0.39, 0.29) is 47.7 Å². The van der Waals surface area contributed by atoms with Gasteiger partial charge in [0.25, 0.3) is 5.91 Å². The van der Waals surface area contributed by atoms with Crippen LogP contribution in [0, 0.1) is 5.92 Å². The van der Waals surface area contributed by atoms with Gasteiger partial charge in [-0.15, -0.1) is 0 Å². The molecule has 9 heteroatoms. The standard InChI is InChI=1S/C23H34N2O6S/c1-15-8-5-6-11-21(15)24-22(26)18(4)31-23(27)19-9-7-10-20(12-19)32(28,29)25-13-16(2)30-17(3)14-25/h7,9-10,12,15-18,21H,5-6,8,11,13-14H2,1-4H3,(H,24,26)/t15-,16+,17+,18+,21+/m0/s1. The van der Waals surface area contributed by atoms with Crippen molar-refractivity contribution in [3.63, 3.8) is 0 Å². The summed E-state index contributed by atoms with van der Waals surface area (Å²) in [5.41, 5.74) is 0.0890. The predicted octanol–water partition coefficient (Wildman–Crippen LogP) is 2.72. The molecule has 3 rings (SSSR count). The molecule has 1 aromatic rings. The van der Waals surface area contributed by atoms with Gasteiger partial charge in [-0.25, -0.2) is 13.2 Å². The van der Waals surface area contributed by atoms with Crippen molar-refractivity contribution in [3.8, 4) is 0 Å². The molecule has 5 atom stereocenters. The van der Waals surface area contributed by atoms with Gasteiger partial charge in [0.2, 0.25) is 10.0 Å². The van der Waals surface area contributed by atoms with E-state index in [1.165, 1.54) is 41.9 Å². The lowest BCUT2D eigenvalue weighted by atomic mass is 9.86. The maximum atomic E-state index is 13.1. The maximum Gasteiger partial charge on any atom is 0.338 e. The number of esters is 1. The zero-order valence-corrected chi connectivity index (χ0v) is 20.1. The number of nitrogens with zero attached hydrogens (tertiary/aromatic N) is 1. The Morgan fingerprint density at radius 3 is 2.44 bits per heavy atom. The third kappa shape index (κ3) is 5.88. The highest BCUT2D eigenvalue weighted by Crippen LogP contribution is 2.24. The summed E-state index contributed by atoms with van der Waals surface area (Å²) >= 11 is 0. The Morgan fingerprint density at radius 2 is 1.78 bits per heavy atom. The molecule has 1 aliphatic carbocycles. The van der Waals surface area contributed by atoms with E-state index in [0.717, 1.165) is 19.3 Å². The first-order valence-corrected chi connectivity index (χ1v) is 12.8. The van der Waals surface area contributed by atoms with Crippen molar-refractivity contribution in [1.82, 2.24) is 9.62 Å². The number of amides is 1. The van der Waals surface area contributed by atoms with Crippen molar-refractivity contribution in [2.75, 3.05) is 13.1 Å². The van der Waals surface area contributed by atoms with Gasteiger partial charge in [-0.2, -0.15) is 4.31 Å². The average molecular weight is 467 g/mol. The van der Waals surface area contributed by atoms with Crippen molar-refractivity contribution in [2.45, 2.75) is 82.6 Å². The van der Waals surface area contributed by atoms with Crippen LogP contribution in [0.25, 0.3) is 0 Å². The summed E-state index contributed by atoms with van der Waals surface area (Å²) in [4.78, 5) is 25.2. The summed E-state index contributed by atoms with van der Waals surface area (Å²) in [5.74, 6) is -0.676. The Hall–Kier alpha value is -1.97. The lowest BCUT2D eigenvalue weighted by Crippen LogP contribution is -2.48. The summed E-state index contributed by atoms with van der Waals surface area (Å²) in [5, 5.41) is 2.98. The van der Waals surface area contributed by atoms with Gasteiger partial charge in [-0.1, -0.05) is 25.8 Å². The summed E-state index contributed by atoms with van der Waals surface area (Å²) in [6.07, 6.45) is 2.83. The molecular formula is C23H34N2O6S. The normalized spacial score (nSPS) is 28.0. The predicted molar refractivity (Wildman–Crippen MR) is 120 cm³/mol. The summed E-state index contributed by atoms with van der Waals surface area (Å²) in [6, 6.07) is 5.84. The SMILES string of the molecule is C[C@@H]1CN(S(=O)(=O)c2cccc(C(=O)O[C@H](C)C(=O)N[C@@H]3CCCC[C@@H]3C)c2)C[C@@H](C)O1. The van der Waals surface area contributed by atoms with Crippen LogP contribution in [0.1, 0.15) is 63.7 Å². The molecule has 1 aliphatic heterocycles. The topological polar surface area (TPSA) is 102 Å². The van der Waals surface area contributed by atoms with E-state index in [2.05, 4.69) is 12.2 Å². The van der Waals surface area contributed by atoms with Crippen LogP contribution in [-0.4, -0.2) is 62.0 Å². The van der Waals surface area contributed by atoms with Crippen LogP contribution in [0.3, 0.4) is 0 Å². The van der Waals surface area contributed by atoms with Crippen LogP contribution in [0.15, 0.2) is 29.2 Å². The van der Waals surface area contributed by atoms with Crippen molar-refractivity contribution in [3.05, 3.63) is 29.8 Å². The van der Waals surface area contributed by atoms with E-state index in [0.29, 0.717) is 5.92 Å².